The van der Waals surface area contributed by atoms with Crippen molar-refractivity contribution in [1.82, 2.24) is 5.32 Å². The van der Waals surface area contributed by atoms with Gasteiger partial charge in [-0.3, -0.25) is 14.1 Å². The number of hydrogen-bond acceptors (Lipinski definition) is 11. The van der Waals surface area contributed by atoms with Crippen molar-refractivity contribution in [3.05, 3.63) is 137 Å². The number of hydrogen-bond donors (Lipinski definition) is 2. The Kier molecular flexibility index (Phi) is 21.4. The number of carbonyl (C=O) groups excluding carboxylic acids is 2. The van der Waals surface area contributed by atoms with Gasteiger partial charge in [0.1, 0.15) is 0 Å². The van der Waals surface area contributed by atoms with Crippen molar-refractivity contribution in [1.29, 1.82) is 0 Å². The standard InChI is InChI=1S/C19H20OS2.C18H19NO4S3.Ni.O3S/c1-2-3-9-17(20)14-10-12-16(13-11-14)19(22)18(21)15-7-5-4-6-8-15;1-2-11-19-18(20)14-5-3-12(4-6-14)16(24)17(25)13-7-9-15(10-8-13)26(21,22)23;;1-4(2)3/h4-8,10-13,21-22H,2-3,9H2,1H3;3-10,24-25H,2,11H2,1H3,(H,19,20)(H,21,22,23);;/p-4. The number of amides is 1. The van der Waals surface area contributed by atoms with Gasteiger partial charge < -0.3 is 55.8 Å². The Morgan fingerprint density at radius 1 is 0.604 bits per heavy atom. The van der Waals surface area contributed by atoms with E-state index >= 15 is 0 Å². The normalized spacial score (nSPS) is 11.5. The fraction of sp³-hybridized carbons (Fsp3) is 0.189. The molecule has 53 heavy (non-hydrogen) atoms. The summed E-state index contributed by atoms with van der Waals surface area (Å²) in [5.41, 5.74) is 4.37. The van der Waals surface area contributed by atoms with E-state index in [0.717, 1.165) is 36.0 Å². The Bertz CT molecular complexity index is 2080. The zero-order valence-corrected chi connectivity index (χ0v) is 34.3. The fourth-order valence-corrected chi connectivity index (χ4v) is 5.79. The maximum Gasteiger partial charge on any atom is 0.425 e. The molecule has 16 heteroatoms. The van der Waals surface area contributed by atoms with Crippen LogP contribution < -0.4 is 5.32 Å². The number of unbranched alkanes of at least 4 members (excludes halogenated alkanes) is 1. The van der Waals surface area contributed by atoms with Crippen LogP contribution in [0.25, 0.3) is 19.6 Å². The minimum atomic E-state index is -4.25. The number of rotatable bonds is 12. The Morgan fingerprint density at radius 2 is 0.962 bits per heavy atom. The van der Waals surface area contributed by atoms with Gasteiger partial charge in [-0.1, -0.05) is 99.1 Å². The molecule has 0 spiro atoms. The molecule has 4 rings (SSSR count). The van der Waals surface area contributed by atoms with Gasteiger partial charge in [-0.15, -0.1) is 12.6 Å². The van der Waals surface area contributed by atoms with Crippen LogP contribution in [0, 0.1) is 0 Å². The van der Waals surface area contributed by atoms with E-state index in [1.165, 1.54) is 24.3 Å². The predicted molar refractivity (Wildman–Crippen MR) is 215 cm³/mol. The van der Waals surface area contributed by atoms with Gasteiger partial charge in [0.2, 0.25) is 0 Å². The van der Waals surface area contributed by atoms with Crippen molar-refractivity contribution < 1.29 is 51.7 Å². The molecule has 0 aliphatic heterocycles. The Balaban J connectivity index is 0.000000478. The molecule has 0 heterocycles. The first-order valence-corrected chi connectivity index (χ1v) is 19.8. The Morgan fingerprint density at radius 3 is 1.34 bits per heavy atom. The topological polar surface area (TPSA) is 152 Å². The van der Waals surface area contributed by atoms with Gasteiger partial charge in [0, 0.05) is 40.6 Å². The summed E-state index contributed by atoms with van der Waals surface area (Å²) in [5, 5.41) is 2.80. The minimum Gasteiger partial charge on any atom is -0.781 e. The van der Waals surface area contributed by atoms with Gasteiger partial charge in [0.15, 0.2) is 5.78 Å². The maximum atomic E-state index is 12.0. The maximum absolute atomic E-state index is 12.0. The van der Waals surface area contributed by atoms with Crippen molar-refractivity contribution in [2.75, 3.05) is 6.54 Å². The van der Waals surface area contributed by atoms with Crippen molar-refractivity contribution in [3.8, 4) is 0 Å². The van der Waals surface area contributed by atoms with E-state index in [0.29, 0.717) is 49.3 Å². The molecule has 0 saturated carbocycles. The summed E-state index contributed by atoms with van der Waals surface area (Å²) in [4.78, 5) is 25.8. The van der Waals surface area contributed by atoms with Crippen LogP contribution in [0.3, 0.4) is 0 Å². The minimum absolute atomic E-state index is 0. The Labute approximate surface area is 344 Å². The molecule has 0 aromatic heterocycles. The monoisotopic (exact) mass is 871 g/mol. The van der Waals surface area contributed by atoms with Crippen LogP contribution in [-0.2, 0) is 87.7 Å². The van der Waals surface area contributed by atoms with Gasteiger partial charge in [0.05, 0.1) is 4.90 Å². The zero-order valence-electron chi connectivity index (χ0n) is 28.4. The molecule has 4 aromatic rings. The third kappa shape index (κ3) is 16.1. The summed E-state index contributed by atoms with van der Waals surface area (Å²) in [6.45, 7) is 4.67. The second kappa shape index (κ2) is 23.9. The largest absolute Gasteiger partial charge is 0.781 e. The molecule has 2 N–H and O–H groups in total. The van der Waals surface area contributed by atoms with E-state index in [1.54, 1.807) is 24.3 Å². The number of benzene rings is 4. The van der Waals surface area contributed by atoms with Crippen LogP contribution in [0.5, 0.6) is 0 Å². The van der Waals surface area contributed by atoms with Gasteiger partial charge >= 0.3 is 10.6 Å². The average molecular weight is 873 g/mol. The molecule has 0 aliphatic carbocycles. The molecule has 0 aliphatic rings. The summed E-state index contributed by atoms with van der Waals surface area (Å²) in [5.74, 6) is 0.0395. The molecule has 0 fully saturated rings. The number of ketones is 1. The van der Waals surface area contributed by atoms with Crippen LogP contribution in [0.15, 0.2) is 108 Å². The first kappa shape index (κ1) is 47.4. The predicted octanol–water partition coefficient (Wildman–Crippen LogP) is 6.97. The van der Waals surface area contributed by atoms with Crippen LogP contribution in [0.2, 0.25) is 0 Å². The number of nitrogens with one attached hydrogen (secondary N) is 1. The van der Waals surface area contributed by atoms with Gasteiger partial charge in [-0.05, 0) is 59.4 Å². The van der Waals surface area contributed by atoms with Crippen molar-refractivity contribution in [3.63, 3.8) is 0 Å². The van der Waals surface area contributed by atoms with Crippen LogP contribution in [-0.4, -0.2) is 43.8 Å². The fourth-order valence-electron chi connectivity index (χ4n) is 4.29. The second-order valence-electron chi connectivity index (χ2n) is 10.8. The van der Waals surface area contributed by atoms with Gasteiger partial charge in [-0.2, -0.15) is 28.0 Å². The smallest absolute Gasteiger partial charge is 0.425 e. The van der Waals surface area contributed by atoms with E-state index in [-0.39, 0.29) is 33.1 Å². The van der Waals surface area contributed by atoms with Crippen LogP contribution >= 0.6 is 0 Å². The molecule has 4 aromatic carbocycles. The van der Waals surface area contributed by atoms with Crippen LogP contribution in [0.1, 0.15) is 82.5 Å². The Hall–Kier alpha value is -3.60. The number of carbonyl (C=O) groups is 2. The van der Waals surface area contributed by atoms with Gasteiger partial charge in [0.25, 0.3) is 16.0 Å². The third-order valence-corrected chi connectivity index (χ3v) is 9.92. The summed E-state index contributed by atoms with van der Waals surface area (Å²) in [6.07, 6.45) is 3.41. The zero-order chi connectivity index (χ0) is 38.8. The van der Waals surface area contributed by atoms with Crippen molar-refractivity contribution >= 4 is 103 Å². The van der Waals surface area contributed by atoms with E-state index in [2.05, 4.69) is 12.2 Å². The molecular weight excluding hydrogens is 838 g/mol. The molecule has 9 nitrogen and oxygen atoms in total. The average Bonchev–Trinajstić information content (AvgIpc) is 3.15. The second-order valence-corrected chi connectivity index (χ2v) is 14.3. The molecule has 0 radical (unpaired) electrons. The van der Waals surface area contributed by atoms with Crippen molar-refractivity contribution in [2.45, 2.75) is 44.4 Å². The van der Waals surface area contributed by atoms with Crippen molar-refractivity contribution in [2.24, 2.45) is 0 Å². The summed E-state index contributed by atoms with van der Waals surface area (Å²) in [6, 6.07) is 29.5. The molecule has 0 unspecified atom stereocenters. The molecule has 1 amide bonds. The van der Waals surface area contributed by atoms with E-state index in [4.69, 9.17) is 67.7 Å². The van der Waals surface area contributed by atoms with E-state index < -0.39 is 20.7 Å². The molecule has 0 bridgehead atoms. The van der Waals surface area contributed by atoms with E-state index in [1.807, 2.05) is 61.5 Å². The number of Topliss-reactive ketones (excluding diaryl/α,β-unsaturated/α-hetero) is 1. The summed E-state index contributed by atoms with van der Waals surface area (Å²) >= 11 is 21.7. The summed E-state index contributed by atoms with van der Waals surface area (Å²) in [7, 11) is -7.36. The summed E-state index contributed by atoms with van der Waals surface area (Å²) < 4.78 is 56.5. The van der Waals surface area contributed by atoms with E-state index in [9.17, 15) is 18.0 Å². The SMILES string of the molecule is CCCCC(=O)c1ccc(C([S-])=C([S-])c2ccccc2)cc1.CCCNC(=O)c1ccc(C([S-])=C([S-])c2ccc(S(=O)(=O)O)cc2)cc1.O=S(=O)=O.[Ni]. The molecular formula is C37H35NNiO8S6-4. The first-order chi connectivity index (χ1) is 24.6. The first-order valence-electron chi connectivity index (χ1n) is 15.7. The molecule has 0 atom stereocenters. The van der Waals surface area contributed by atoms with Gasteiger partial charge in [-0.25, -0.2) is 0 Å². The third-order valence-electron chi connectivity index (χ3n) is 7.03. The quantitative estimate of drug-likeness (QED) is 0.0498. The molecule has 286 valence electrons. The molecule has 0 saturated heterocycles. The van der Waals surface area contributed by atoms with Crippen LogP contribution in [0.4, 0.5) is 0 Å².